The van der Waals surface area contributed by atoms with Crippen molar-refractivity contribution in [1.29, 1.82) is 0 Å². The molecule has 0 radical (unpaired) electrons. The van der Waals surface area contributed by atoms with Crippen molar-refractivity contribution in [2.45, 2.75) is 25.1 Å². The van der Waals surface area contributed by atoms with Crippen LogP contribution in [0.3, 0.4) is 0 Å². The van der Waals surface area contributed by atoms with Gasteiger partial charge in [-0.15, -0.1) is 0 Å². The topological polar surface area (TPSA) is 109 Å². The molecule has 2 aliphatic rings. The number of nitrogens with one attached hydrogen (secondary N) is 1. The van der Waals surface area contributed by atoms with Crippen molar-refractivity contribution in [2.75, 3.05) is 31.1 Å². The van der Waals surface area contributed by atoms with Crippen LogP contribution in [-0.2, 0) is 14.3 Å². The summed E-state index contributed by atoms with van der Waals surface area (Å²) in [4.78, 5) is 41.4. The molecule has 2 aliphatic heterocycles. The molecule has 166 valence electrons. The third-order valence-electron chi connectivity index (χ3n) is 5.55. The van der Waals surface area contributed by atoms with E-state index in [1.54, 1.807) is 24.3 Å². The van der Waals surface area contributed by atoms with E-state index in [0.717, 1.165) is 11.8 Å². The van der Waals surface area contributed by atoms with Gasteiger partial charge in [0.1, 0.15) is 0 Å². The molecule has 0 saturated carbocycles. The number of carbonyl (C=O) groups is 2. The first kappa shape index (κ1) is 21.1. The average molecular weight is 440 g/mol. The van der Waals surface area contributed by atoms with Crippen molar-refractivity contribution >= 4 is 17.5 Å². The van der Waals surface area contributed by atoms with Crippen LogP contribution in [0.1, 0.15) is 13.3 Å². The number of alkyl halides is 3. The van der Waals surface area contributed by atoms with Gasteiger partial charge < -0.3 is 14.5 Å². The van der Waals surface area contributed by atoms with Crippen LogP contribution in [0, 0.1) is 5.92 Å². The summed E-state index contributed by atoms with van der Waals surface area (Å²) < 4.78 is 49.2. The van der Waals surface area contributed by atoms with E-state index in [9.17, 15) is 27.6 Å². The Hall–Kier alpha value is -3.15. The summed E-state index contributed by atoms with van der Waals surface area (Å²) in [6.07, 6.45) is -4.70. The summed E-state index contributed by atoms with van der Waals surface area (Å²) >= 11 is 0. The number of rotatable bonds is 3. The Labute approximate surface area is 173 Å². The number of hydrogen-bond acceptors (Lipinski definition) is 6. The zero-order valence-corrected chi connectivity index (χ0v) is 16.4. The number of aromatic nitrogens is 2. The normalized spacial score (nSPS) is 24.6. The van der Waals surface area contributed by atoms with Crippen LogP contribution in [-0.4, -0.2) is 64.9 Å². The van der Waals surface area contributed by atoms with E-state index in [-0.39, 0.29) is 37.8 Å². The lowest BCUT2D eigenvalue weighted by atomic mass is 10.0. The predicted molar refractivity (Wildman–Crippen MR) is 100 cm³/mol. The molecule has 1 aromatic heterocycles. The summed E-state index contributed by atoms with van der Waals surface area (Å²) in [5, 5.41) is 3.58. The zero-order valence-electron chi connectivity index (χ0n) is 16.4. The van der Waals surface area contributed by atoms with Crippen LogP contribution in [0.5, 0.6) is 0 Å². The number of benzene rings is 1. The highest BCUT2D eigenvalue weighted by molar-refractivity contribution is 6.00. The molecule has 12 heteroatoms. The van der Waals surface area contributed by atoms with Gasteiger partial charge in [-0.25, -0.2) is 4.79 Å². The highest BCUT2D eigenvalue weighted by Gasteiger charge is 2.55. The van der Waals surface area contributed by atoms with Gasteiger partial charge in [-0.3, -0.25) is 19.1 Å². The third-order valence-corrected chi connectivity index (χ3v) is 5.55. The van der Waals surface area contributed by atoms with Gasteiger partial charge >= 0.3 is 11.9 Å². The molecular formula is C19H19F3N4O5. The molecule has 1 N–H and O–H groups in total. The lowest BCUT2D eigenvalue weighted by Gasteiger charge is -2.42. The summed E-state index contributed by atoms with van der Waals surface area (Å²) in [5.41, 5.74) is -1.34. The van der Waals surface area contributed by atoms with Gasteiger partial charge in [-0.1, -0.05) is 5.16 Å². The van der Waals surface area contributed by atoms with Crippen molar-refractivity contribution in [3.63, 3.8) is 0 Å². The second kappa shape index (κ2) is 7.52. The monoisotopic (exact) mass is 440 g/mol. The second-order valence-electron chi connectivity index (χ2n) is 7.73. The van der Waals surface area contributed by atoms with Crippen molar-refractivity contribution in [1.82, 2.24) is 15.0 Å². The molecule has 31 heavy (non-hydrogen) atoms. The molecule has 0 bridgehead atoms. The Kier molecular flexibility index (Phi) is 5.12. The minimum Gasteiger partial charge on any atom is -0.362 e. The van der Waals surface area contributed by atoms with Gasteiger partial charge in [0.25, 0.3) is 0 Å². The number of hydrogen-bond donors (Lipinski definition) is 1. The van der Waals surface area contributed by atoms with E-state index in [1.165, 1.54) is 4.90 Å². The smallest absolute Gasteiger partial charge is 0.362 e. The number of ether oxygens (including phenoxy) is 1. The average Bonchev–Trinajstić information content (AvgIpc) is 3.32. The van der Waals surface area contributed by atoms with Gasteiger partial charge in [0.15, 0.2) is 11.4 Å². The van der Waals surface area contributed by atoms with Gasteiger partial charge in [0.05, 0.1) is 19.1 Å². The fourth-order valence-corrected chi connectivity index (χ4v) is 3.76. The maximum absolute atomic E-state index is 13.3. The Morgan fingerprint density at radius 2 is 1.97 bits per heavy atom. The molecule has 2 amide bonds. The second-order valence-corrected chi connectivity index (χ2v) is 7.73. The van der Waals surface area contributed by atoms with Crippen LogP contribution in [0.15, 0.2) is 33.6 Å². The first-order chi connectivity index (χ1) is 14.6. The number of carbonyl (C=O) groups excluding carboxylic acids is 2. The largest absolute Gasteiger partial charge is 0.439 e. The zero-order chi connectivity index (χ0) is 22.4. The fraction of sp³-hybridized carbons (Fsp3) is 0.474. The first-order valence-corrected chi connectivity index (χ1v) is 9.54. The van der Waals surface area contributed by atoms with E-state index in [2.05, 4.69) is 14.7 Å². The minimum absolute atomic E-state index is 0.0415. The molecule has 0 spiro atoms. The van der Waals surface area contributed by atoms with E-state index < -0.39 is 35.9 Å². The molecule has 2 aromatic rings. The van der Waals surface area contributed by atoms with Crippen molar-refractivity contribution in [2.24, 2.45) is 5.92 Å². The molecule has 2 fully saturated rings. The SMILES string of the molecule is CC1(C(F)(F)F)CN(C(=O)C2CC(=O)N(c3ccc(-c4noc(=O)[nH]4)cc3)C2)CCO1. The van der Waals surface area contributed by atoms with Crippen molar-refractivity contribution in [3.05, 3.63) is 34.8 Å². The van der Waals surface area contributed by atoms with Crippen LogP contribution in [0.25, 0.3) is 11.4 Å². The predicted octanol–water partition coefficient (Wildman–Crippen LogP) is 1.56. The Balaban J connectivity index is 1.45. The quantitative estimate of drug-likeness (QED) is 0.776. The molecule has 3 heterocycles. The van der Waals surface area contributed by atoms with E-state index in [1.807, 2.05) is 0 Å². The van der Waals surface area contributed by atoms with Gasteiger partial charge in [0.2, 0.25) is 11.8 Å². The molecule has 9 nitrogen and oxygen atoms in total. The standard InChI is InChI=1S/C19H19F3N4O5/c1-18(19(20,21)22)10-25(6-7-30-18)16(28)12-8-14(27)26(9-12)13-4-2-11(3-5-13)15-23-17(29)31-24-15/h2-5,12H,6-10H2,1H3,(H,23,24,29). The van der Waals surface area contributed by atoms with Crippen LogP contribution in [0.4, 0.5) is 18.9 Å². The Morgan fingerprint density at radius 1 is 1.26 bits per heavy atom. The number of halogens is 3. The first-order valence-electron chi connectivity index (χ1n) is 9.54. The molecular weight excluding hydrogens is 421 g/mol. The summed E-state index contributed by atoms with van der Waals surface area (Å²) in [6.45, 7) is 0.197. The molecule has 4 rings (SSSR count). The number of nitrogens with zero attached hydrogens (tertiary/aromatic N) is 3. The molecule has 1 aromatic carbocycles. The number of H-pyrrole nitrogens is 1. The number of anilines is 1. The molecule has 2 saturated heterocycles. The maximum atomic E-state index is 13.3. The lowest BCUT2D eigenvalue weighted by molar-refractivity contribution is -0.286. The van der Waals surface area contributed by atoms with Crippen molar-refractivity contribution in [3.8, 4) is 11.4 Å². The van der Waals surface area contributed by atoms with Gasteiger partial charge in [0, 0.05) is 30.8 Å². The van der Waals surface area contributed by atoms with E-state index in [4.69, 9.17) is 4.74 Å². The minimum atomic E-state index is -4.61. The van der Waals surface area contributed by atoms with Crippen molar-refractivity contribution < 1.29 is 32.0 Å². The van der Waals surface area contributed by atoms with E-state index >= 15 is 0 Å². The number of morpholine rings is 1. The Morgan fingerprint density at radius 3 is 2.58 bits per heavy atom. The molecule has 2 unspecified atom stereocenters. The van der Waals surface area contributed by atoms with Crippen LogP contribution >= 0.6 is 0 Å². The van der Waals surface area contributed by atoms with Gasteiger partial charge in [-0.05, 0) is 31.2 Å². The summed E-state index contributed by atoms with van der Waals surface area (Å²) in [7, 11) is 0. The third kappa shape index (κ3) is 3.94. The maximum Gasteiger partial charge on any atom is 0.439 e. The number of aromatic amines is 1. The fourth-order valence-electron chi connectivity index (χ4n) is 3.76. The number of amides is 2. The Bertz CT molecular complexity index is 1050. The van der Waals surface area contributed by atoms with Crippen LogP contribution < -0.4 is 10.7 Å². The highest BCUT2D eigenvalue weighted by atomic mass is 19.4. The van der Waals surface area contributed by atoms with E-state index in [0.29, 0.717) is 11.3 Å². The van der Waals surface area contributed by atoms with Gasteiger partial charge in [-0.2, -0.15) is 13.2 Å². The molecule has 2 atom stereocenters. The highest BCUT2D eigenvalue weighted by Crippen LogP contribution is 2.37. The van der Waals surface area contributed by atoms with Crippen LogP contribution in [0.2, 0.25) is 0 Å². The lowest BCUT2D eigenvalue weighted by Crippen LogP contribution is -2.60. The molecule has 0 aliphatic carbocycles. The summed E-state index contributed by atoms with van der Waals surface area (Å²) in [5.74, 6) is -1.99. The summed E-state index contributed by atoms with van der Waals surface area (Å²) in [6, 6.07) is 6.51.